The van der Waals surface area contributed by atoms with Crippen LogP contribution in [0.15, 0.2) is 60.7 Å². The Morgan fingerprint density at radius 1 is 1.06 bits per heavy atom. The molecule has 1 heterocycles. The van der Waals surface area contributed by atoms with Crippen LogP contribution >= 0.6 is 11.6 Å². The van der Waals surface area contributed by atoms with Crippen LogP contribution in [0.3, 0.4) is 0 Å². The van der Waals surface area contributed by atoms with Crippen molar-refractivity contribution in [1.29, 1.82) is 0 Å². The summed E-state index contributed by atoms with van der Waals surface area (Å²) in [5.41, 5.74) is 2.49. The summed E-state index contributed by atoms with van der Waals surface area (Å²) < 4.78 is 30.2. The normalized spacial score (nSPS) is 15.1. The van der Waals surface area contributed by atoms with Crippen LogP contribution in [0.25, 0.3) is 0 Å². The summed E-state index contributed by atoms with van der Waals surface area (Å²) in [6.07, 6.45) is 0.662. The van der Waals surface area contributed by atoms with Crippen molar-refractivity contribution in [2.24, 2.45) is 0 Å². The zero-order chi connectivity index (χ0) is 22.7. The fraction of sp³-hybridized carbons (Fsp3) is 0.240. The largest absolute Gasteiger partial charge is 0.493 e. The standard InChI is InChI=1S/C25H23ClFNO4/c1-30-23-13-16-10-11-28(25(29)17-4-3-5-18(26)12-17)22(21(16)14-24(23)31-2)15-32-20-8-6-19(27)7-9-20/h3-9,12-14,22H,10-11,15H2,1-2H3/t22-/m0/s1. The second-order valence-corrected chi connectivity index (χ2v) is 7.88. The molecule has 0 saturated heterocycles. The molecule has 0 bridgehead atoms. The van der Waals surface area contributed by atoms with Crippen LogP contribution in [0.4, 0.5) is 4.39 Å². The Hall–Kier alpha value is -3.25. The maximum atomic E-state index is 13.4. The van der Waals surface area contributed by atoms with Gasteiger partial charge in [-0.15, -0.1) is 0 Å². The van der Waals surface area contributed by atoms with Crippen LogP contribution in [0.5, 0.6) is 17.2 Å². The zero-order valence-corrected chi connectivity index (χ0v) is 18.6. The maximum absolute atomic E-state index is 13.4. The van der Waals surface area contributed by atoms with E-state index in [2.05, 4.69) is 0 Å². The lowest BCUT2D eigenvalue weighted by Gasteiger charge is -2.37. The van der Waals surface area contributed by atoms with Crippen molar-refractivity contribution in [3.05, 3.63) is 88.2 Å². The third-order valence-electron chi connectivity index (χ3n) is 5.56. The highest BCUT2D eigenvalue weighted by atomic mass is 35.5. The lowest BCUT2D eigenvalue weighted by Crippen LogP contribution is -2.42. The van der Waals surface area contributed by atoms with Crippen molar-refractivity contribution in [1.82, 2.24) is 4.90 Å². The average Bonchev–Trinajstić information content (AvgIpc) is 2.82. The summed E-state index contributed by atoms with van der Waals surface area (Å²) in [6.45, 7) is 0.700. The van der Waals surface area contributed by atoms with Gasteiger partial charge in [0, 0.05) is 17.1 Å². The molecular formula is C25H23ClFNO4. The lowest BCUT2D eigenvalue weighted by molar-refractivity contribution is 0.0589. The van der Waals surface area contributed by atoms with E-state index in [0.717, 1.165) is 11.1 Å². The van der Waals surface area contributed by atoms with E-state index in [1.165, 1.54) is 12.1 Å². The number of halogens is 2. The fourth-order valence-electron chi connectivity index (χ4n) is 3.94. The molecule has 32 heavy (non-hydrogen) atoms. The molecule has 0 saturated carbocycles. The van der Waals surface area contributed by atoms with Gasteiger partial charge < -0.3 is 19.1 Å². The van der Waals surface area contributed by atoms with Gasteiger partial charge in [-0.2, -0.15) is 0 Å². The van der Waals surface area contributed by atoms with Crippen molar-refractivity contribution >= 4 is 17.5 Å². The Kier molecular flexibility index (Phi) is 6.51. The van der Waals surface area contributed by atoms with Crippen LogP contribution < -0.4 is 14.2 Å². The quantitative estimate of drug-likeness (QED) is 0.505. The first-order valence-corrected chi connectivity index (χ1v) is 10.6. The van der Waals surface area contributed by atoms with Crippen molar-refractivity contribution in [3.8, 4) is 17.2 Å². The van der Waals surface area contributed by atoms with Crippen LogP contribution in [0, 0.1) is 5.82 Å². The van der Waals surface area contributed by atoms with Crippen LogP contribution in [-0.2, 0) is 6.42 Å². The van der Waals surface area contributed by atoms with Gasteiger partial charge in [-0.1, -0.05) is 17.7 Å². The number of hydrogen-bond donors (Lipinski definition) is 0. The number of methoxy groups -OCH3 is 2. The average molecular weight is 456 g/mol. The molecule has 0 N–H and O–H groups in total. The number of benzene rings is 3. The third-order valence-corrected chi connectivity index (χ3v) is 5.79. The fourth-order valence-corrected chi connectivity index (χ4v) is 4.13. The summed E-state index contributed by atoms with van der Waals surface area (Å²) in [4.78, 5) is 15.2. The van der Waals surface area contributed by atoms with Crippen molar-refractivity contribution < 1.29 is 23.4 Å². The number of carbonyl (C=O) groups excluding carboxylic acids is 1. The van der Waals surface area contributed by atoms with Crippen molar-refractivity contribution in [2.45, 2.75) is 12.5 Å². The molecule has 166 valence electrons. The monoisotopic (exact) mass is 455 g/mol. The van der Waals surface area contributed by atoms with E-state index in [4.69, 9.17) is 25.8 Å². The van der Waals surface area contributed by atoms with Gasteiger partial charge in [0.15, 0.2) is 11.5 Å². The second kappa shape index (κ2) is 9.49. The Morgan fingerprint density at radius 2 is 1.78 bits per heavy atom. The van der Waals surface area contributed by atoms with E-state index in [9.17, 15) is 9.18 Å². The predicted molar refractivity (Wildman–Crippen MR) is 120 cm³/mol. The maximum Gasteiger partial charge on any atom is 0.254 e. The minimum atomic E-state index is -0.380. The Labute approximate surface area is 191 Å². The van der Waals surface area contributed by atoms with E-state index >= 15 is 0 Å². The molecule has 4 rings (SSSR count). The summed E-state index contributed by atoms with van der Waals surface area (Å²) in [5.74, 6) is 1.26. The molecule has 1 atom stereocenters. The highest BCUT2D eigenvalue weighted by Gasteiger charge is 2.33. The number of carbonyl (C=O) groups is 1. The first-order valence-electron chi connectivity index (χ1n) is 10.2. The molecule has 3 aromatic rings. The summed E-state index contributed by atoms with van der Waals surface area (Å²) in [7, 11) is 3.17. The highest BCUT2D eigenvalue weighted by Crippen LogP contribution is 2.39. The van der Waals surface area contributed by atoms with E-state index in [1.54, 1.807) is 55.5 Å². The van der Waals surface area contributed by atoms with E-state index in [0.29, 0.717) is 40.8 Å². The van der Waals surface area contributed by atoms with Crippen molar-refractivity contribution in [3.63, 3.8) is 0 Å². The number of ether oxygens (including phenoxy) is 3. The number of amides is 1. The molecule has 0 spiro atoms. The van der Waals surface area contributed by atoms with Gasteiger partial charge in [-0.25, -0.2) is 4.39 Å². The number of fused-ring (bicyclic) bond motifs is 1. The molecule has 0 aliphatic carbocycles. The summed E-state index contributed by atoms with van der Waals surface area (Å²) in [6, 6.07) is 16.2. The van der Waals surface area contributed by atoms with Gasteiger partial charge in [-0.05, 0) is 72.1 Å². The second-order valence-electron chi connectivity index (χ2n) is 7.45. The number of nitrogens with zero attached hydrogens (tertiary/aromatic N) is 1. The molecule has 0 aromatic heterocycles. The van der Waals surface area contributed by atoms with E-state index in [1.807, 2.05) is 12.1 Å². The Morgan fingerprint density at radius 3 is 2.47 bits per heavy atom. The summed E-state index contributed by atoms with van der Waals surface area (Å²) >= 11 is 6.12. The van der Waals surface area contributed by atoms with Gasteiger partial charge in [0.25, 0.3) is 5.91 Å². The Bertz CT molecular complexity index is 1120. The van der Waals surface area contributed by atoms with Gasteiger partial charge in [-0.3, -0.25) is 4.79 Å². The third kappa shape index (κ3) is 4.50. The number of hydrogen-bond acceptors (Lipinski definition) is 4. The summed E-state index contributed by atoms with van der Waals surface area (Å²) in [5, 5.41) is 0.499. The van der Waals surface area contributed by atoms with Gasteiger partial charge in [0.05, 0.1) is 20.3 Å². The molecule has 0 radical (unpaired) electrons. The molecule has 1 aliphatic rings. The van der Waals surface area contributed by atoms with Crippen LogP contribution in [-0.4, -0.2) is 38.2 Å². The molecule has 1 amide bonds. The molecule has 3 aromatic carbocycles. The number of rotatable bonds is 6. The first kappa shape index (κ1) is 22.0. The van der Waals surface area contributed by atoms with E-state index < -0.39 is 0 Å². The minimum absolute atomic E-state index is 0.138. The Balaban J connectivity index is 1.70. The first-order chi connectivity index (χ1) is 15.5. The van der Waals surface area contributed by atoms with E-state index in [-0.39, 0.29) is 24.4 Å². The predicted octanol–water partition coefficient (Wildman–Crippen LogP) is 5.31. The molecule has 7 heteroatoms. The zero-order valence-electron chi connectivity index (χ0n) is 17.8. The highest BCUT2D eigenvalue weighted by molar-refractivity contribution is 6.30. The van der Waals surface area contributed by atoms with Crippen molar-refractivity contribution in [2.75, 3.05) is 27.4 Å². The van der Waals surface area contributed by atoms with Gasteiger partial charge in [0.2, 0.25) is 0 Å². The van der Waals surface area contributed by atoms with Gasteiger partial charge >= 0.3 is 0 Å². The molecule has 0 fully saturated rings. The van der Waals surface area contributed by atoms with Gasteiger partial charge in [0.1, 0.15) is 18.2 Å². The lowest BCUT2D eigenvalue weighted by atomic mass is 9.91. The SMILES string of the molecule is COc1cc2c(cc1OC)[C@H](COc1ccc(F)cc1)N(C(=O)c1cccc(Cl)c1)CC2. The van der Waals surface area contributed by atoms with Crippen LogP contribution in [0.1, 0.15) is 27.5 Å². The van der Waals surface area contributed by atoms with Crippen LogP contribution in [0.2, 0.25) is 5.02 Å². The molecule has 5 nitrogen and oxygen atoms in total. The smallest absolute Gasteiger partial charge is 0.254 e. The topological polar surface area (TPSA) is 48.0 Å². The minimum Gasteiger partial charge on any atom is -0.493 e. The molecular weight excluding hydrogens is 433 g/mol. The molecule has 0 unspecified atom stereocenters. The molecule has 1 aliphatic heterocycles.